The lowest BCUT2D eigenvalue weighted by molar-refractivity contribution is 0.0687. The number of nitrogens with one attached hydrogen (secondary N) is 1. The molecule has 1 aromatic rings. The first kappa shape index (κ1) is 18.2. The predicted molar refractivity (Wildman–Crippen MR) is 88.4 cm³/mol. The van der Waals surface area contributed by atoms with E-state index in [1.54, 1.807) is 0 Å². The van der Waals surface area contributed by atoms with E-state index in [-0.39, 0.29) is 22.4 Å². The summed E-state index contributed by atoms with van der Waals surface area (Å²) in [6.45, 7) is 12.3. The number of aromatic carboxylic acids is 1. The van der Waals surface area contributed by atoms with Crippen LogP contribution in [0.15, 0.2) is 4.79 Å². The fourth-order valence-corrected chi connectivity index (χ4v) is 2.54. The highest BCUT2D eigenvalue weighted by Crippen LogP contribution is 2.37. The van der Waals surface area contributed by atoms with Gasteiger partial charge in [0.2, 0.25) is 11.7 Å². The average Bonchev–Trinajstić information content (AvgIpc) is 2.36. The first-order valence-corrected chi connectivity index (χ1v) is 10.1. The Hall–Kier alpha value is -1.83. The van der Waals surface area contributed by atoms with Crippen molar-refractivity contribution in [2.45, 2.75) is 45.8 Å². The normalized spacial score (nSPS) is 12.1. The van der Waals surface area contributed by atoms with Gasteiger partial charge in [-0.2, -0.15) is 0 Å². The van der Waals surface area contributed by atoms with Crippen molar-refractivity contribution >= 4 is 20.2 Å². The number of carbonyl (C=O) groups is 1. The van der Waals surface area contributed by atoms with E-state index >= 15 is 0 Å². The van der Waals surface area contributed by atoms with Crippen LogP contribution in [0.5, 0.6) is 5.75 Å². The van der Waals surface area contributed by atoms with Crippen molar-refractivity contribution in [2.75, 3.05) is 11.9 Å². The Morgan fingerprint density at radius 1 is 1.41 bits per heavy atom. The van der Waals surface area contributed by atoms with E-state index in [1.165, 1.54) is 11.6 Å². The highest BCUT2D eigenvalue weighted by Gasteiger charge is 2.41. The lowest BCUT2D eigenvalue weighted by atomic mass is 10.2. The molecular formula is C14H25N3O4Si. The molecule has 124 valence electrons. The van der Waals surface area contributed by atoms with Gasteiger partial charge in [-0.25, -0.2) is 9.78 Å². The van der Waals surface area contributed by atoms with Crippen LogP contribution < -0.4 is 15.3 Å². The molecule has 0 saturated carbocycles. The lowest BCUT2D eigenvalue weighted by Crippen LogP contribution is -2.46. The molecule has 1 aromatic heterocycles. The molecule has 7 nitrogen and oxygen atoms in total. The fourth-order valence-electron chi connectivity index (χ4n) is 1.54. The third kappa shape index (κ3) is 3.49. The molecule has 0 bridgehead atoms. The summed E-state index contributed by atoms with van der Waals surface area (Å²) >= 11 is 0. The number of aromatic nitrogens is 2. The zero-order valence-corrected chi connectivity index (χ0v) is 15.3. The Morgan fingerprint density at radius 3 is 2.36 bits per heavy atom. The number of hydrogen-bond acceptors (Lipinski definition) is 5. The molecule has 0 saturated heterocycles. The van der Waals surface area contributed by atoms with Crippen LogP contribution >= 0.6 is 0 Å². The second-order valence-corrected chi connectivity index (χ2v) is 11.4. The van der Waals surface area contributed by atoms with E-state index in [2.05, 4.69) is 10.3 Å². The SMILES string of the molecule is CCNc1nc(C(=O)O)c(O[Si](C)(C)C(C)(C)C)c(=O)n1C. The molecule has 0 amide bonds. The molecule has 0 aromatic carbocycles. The van der Waals surface area contributed by atoms with Gasteiger partial charge in [0.1, 0.15) is 0 Å². The molecule has 0 aliphatic rings. The van der Waals surface area contributed by atoms with Gasteiger partial charge in [0.25, 0.3) is 13.9 Å². The van der Waals surface area contributed by atoms with Crippen LogP contribution in [0.1, 0.15) is 38.2 Å². The van der Waals surface area contributed by atoms with Gasteiger partial charge in [-0.3, -0.25) is 9.36 Å². The summed E-state index contributed by atoms with van der Waals surface area (Å²) in [6, 6.07) is 0. The van der Waals surface area contributed by atoms with Crippen molar-refractivity contribution in [3.8, 4) is 5.75 Å². The molecule has 1 rings (SSSR count). The molecular weight excluding hydrogens is 302 g/mol. The molecule has 0 aliphatic carbocycles. The maximum atomic E-state index is 12.5. The van der Waals surface area contributed by atoms with Gasteiger partial charge >= 0.3 is 5.97 Å². The van der Waals surface area contributed by atoms with Gasteiger partial charge in [-0.05, 0) is 25.1 Å². The molecule has 0 radical (unpaired) electrons. The van der Waals surface area contributed by atoms with Crippen LogP contribution in [0.4, 0.5) is 5.95 Å². The third-order valence-corrected chi connectivity index (χ3v) is 8.28. The van der Waals surface area contributed by atoms with Gasteiger partial charge in [-0.15, -0.1) is 0 Å². The largest absolute Gasteiger partial charge is 0.538 e. The summed E-state index contributed by atoms with van der Waals surface area (Å²) in [4.78, 5) is 28.0. The molecule has 0 atom stereocenters. The van der Waals surface area contributed by atoms with Crippen LogP contribution in [0.25, 0.3) is 0 Å². The van der Waals surface area contributed by atoms with Gasteiger partial charge < -0.3 is 14.8 Å². The summed E-state index contributed by atoms with van der Waals surface area (Å²) in [5.41, 5.74) is -0.836. The number of carboxylic acid groups (broad SMARTS) is 1. The predicted octanol–water partition coefficient (Wildman–Crippen LogP) is 2.29. The Balaban J connectivity index is 3.51. The quantitative estimate of drug-likeness (QED) is 0.806. The third-order valence-electron chi connectivity index (χ3n) is 3.95. The van der Waals surface area contributed by atoms with E-state index in [0.29, 0.717) is 6.54 Å². The summed E-state index contributed by atoms with van der Waals surface area (Å²) in [5.74, 6) is -1.23. The topological polar surface area (TPSA) is 93.5 Å². The number of rotatable bonds is 5. The maximum Gasteiger partial charge on any atom is 0.358 e. The summed E-state index contributed by atoms with van der Waals surface area (Å²) in [5, 5.41) is 12.1. The van der Waals surface area contributed by atoms with Crippen molar-refractivity contribution in [3.05, 3.63) is 16.0 Å². The highest BCUT2D eigenvalue weighted by molar-refractivity contribution is 6.74. The van der Waals surface area contributed by atoms with E-state index < -0.39 is 19.8 Å². The number of carboxylic acids is 1. The molecule has 8 heteroatoms. The Kier molecular flexibility index (Phi) is 5.06. The van der Waals surface area contributed by atoms with Gasteiger partial charge in [-0.1, -0.05) is 20.8 Å². The van der Waals surface area contributed by atoms with Gasteiger partial charge in [0.15, 0.2) is 5.69 Å². The first-order valence-electron chi connectivity index (χ1n) is 7.19. The molecule has 1 heterocycles. The zero-order valence-electron chi connectivity index (χ0n) is 14.3. The molecule has 2 N–H and O–H groups in total. The Morgan fingerprint density at radius 2 is 1.95 bits per heavy atom. The standard InChI is InChI=1S/C14H25N3O4Si/c1-8-15-13-16-9(12(19)20)10(11(18)17(13)5)21-22(6,7)14(2,3)4/h8H2,1-7H3,(H,15,16)(H,19,20). The minimum absolute atomic E-state index is 0.159. The molecule has 0 aliphatic heterocycles. The van der Waals surface area contributed by atoms with Crippen LogP contribution in [0.3, 0.4) is 0 Å². The molecule has 0 unspecified atom stereocenters. The monoisotopic (exact) mass is 327 g/mol. The minimum Gasteiger partial charge on any atom is -0.538 e. The van der Waals surface area contributed by atoms with Crippen LogP contribution in [0.2, 0.25) is 18.1 Å². The first-order chi connectivity index (χ1) is 9.92. The van der Waals surface area contributed by atoms with Crippen LogP contribution in [-0.4, -0.2) is 35.5 Å². The summed E-state index contributed by atoms with van der Waals surface area (Å²) in [6.07, 6.45) is 0. The second-order valence-electron chi connectivity index (χ2n) is 6.68. The van der Waals surface area contributed by atoms with E-state index in [1.807, 2.05) is 40.8 Å². The van der Waals surface area contributed by atoms with Crippen molar-refractivity contribution in [2.24, 2.45) is 7.05 Å². The van der Waals surface area contributed by atoms with E-state index in [4.69, 9.17) is 4.43 Å². The molecule has 0 fully saturated rings. The smallest absolute Gasteiger partial charge is 0.358 e. The highest BCUT2D eigenvalue weighted by atomic mass is 28.4. The second kappa shape index (κ2) is 6.11. The van der Waals surface area contributed by atoms with Crippen LogP contribution in [0, 0.1) is 0 Å². The van der Waals surface area contributed by atoms with Crippen molar-refractivity contribution in [1.29, 1.82) is 0 Å². The number of anilines is 1. The zero-order chi connectivity index (χ0) is 17.3. The minimum atomic E-state index is -2.35. The lowest BCUT2D eigenvalue weighted by Gasteiger charge is -2.36. The van der Waals surface area contributed by atoms with Crippen LogP contribution in [-0.2, 0) is 7.05 Å². The number of hydrogen-bond donors (Lipinski definition) is 2. The van der Waals surface area contributed by atoms with E-state index in [9.17, 15) is 14.7 Å². The summed E-state index contributed by atoms with van der Waals surface area (Å²) in [7, 11) is -0.811. The van der Waals surface area contributed by atoms with Crippen molar-refractivity contribution in [3.63, 3.8) is 0 Å². The fraction of sp³-hybridized carbons (Fsp3) is 0.643. The van der Waals surface area contributed by atoms with E-state index in [0.717, 1.165) is 0 Å². The average molecular weight is 327 g/mol. The molecule has 0 spiro atoms. The number of nitrogens with zero attached hydrogens (tertiary/aromatic N) is 2. The Bertz CT molecular complexity index is 632. The Labute approximate surface area is 131 Å². The van der Waals surface area contributed by atoms with Crippen molar-refractivity contribution in [1.82, 2.24) is 9.55 Å². The summed E-state index contributed by atoms with van der Waals surface area (Å²) < 4.78 is 7.21. The molecule has 22 heavy (non-hydrogen) atoms. The van der Waals surface area contributed by atoms with Gasteiger partial charge in [0.05, 0.1) is 0 Å². The van der Waals surface area contributed by atoms with Gasteiger partial charge in [0, 0.05) is 13.6 Å². The maximum absolute atomic E-state index is 12.5. The van der Waals surface area contributed by atoms with Crippen molar-refractivity contribution < 1.29 is 14.3 Å².